The quantitative estimate of drug-likeness (QED) is 0.724. The molecule has 16 heavy (non-hydrogen) atoms. The second kappa shape index (κ2) is 5.11. The van der Waals surface area contributed by atoms with E-state index < -0.39 is 11.6 Å². The molecule has 1 aliphatic heterocycles. The first-order valence-corrected chi connectivity index (χ1v) is 5.89. The van der Waals surface area contributed by atoms with Crippen LogP contribution >= 0.6 is 11.6 Å². The lowest BCUT2D eigenvalue weighted by molar-refractivity contribution is 0.223. The zero-order valence-corrected chi connectivity index (χ0v) is 9.68. The summed E-state index contributed by atoms with van der Waals surface area (Å²) in [7, 11) is 0. The molecule has 4 heteroatoms. The summed E-state index contributed by atoms with van der Waals surface area (Å²) in [5.41, 5.74) is 0.812. The van der Waals surface area contributed by atoms with Crippen molar-refractivity contribution in [1.82, 2.24) is 4.90 Å². The largest absolute Gasteiger partial charge is 0.299 e. The first-order valence-electron chi connectivity index (χ1n) is 5.45. The van der Waals surface area contributed by atoms with E-state index in [9.17, 15) is 8.78 Å². The Morgan fingerprint density at radius 1 is 1.19 bits per heavy atom. The molecule has 0 bridgehead atoms. The van der Waals surface area contributed by atoms with Gasteiger partial charge >= 0.3 is 0 Å². The molecule has 0 radical (unpaired) electrons. The van der Waals surface area contributed by atoms with E-state index in [4.69, 9.17) is 11.6 Å². The molecule has 1 nitrogen and oxygen atoms in total. The molecule has 0 spiro atoms. The number of halogens is 3. The summed E-state index contributed by atoms with van der Waals surface area (Å²) in [6.07, 6.45) is 1.93. The van der Waals surface area contributed by atoms with E-state index in [1.54, 1.807) is 6.07 Å². The van der Waals surface area contributed by atoms with E-state index in [2.05, 4.69) is 4.90 Å². The molecule has 2 rings (SSSR count). The molecule has 1 aromatic rings. The standard InChI is InChI=1S/C12H14ClF2N/c13-10-3-5-16(6-4-10)8-9-1-2-11(14)12(15)7-9/h1-2,7,10H,3-6,8H2. The van der Waals surface area contributed by atoms with Crippen LogP contribution in [0.4, 0.5) is 8.78 Å². The molecule has 1 aromatic carbocycles. The highest BCUT2D eigenvalue weighted by Gasteiger charge is 2.17. The molecule has 1 heterocycles. The SMILES string of the molecule is Fc1ccc(CN2CCC(Cl)CC2)cc1F. The van der Waals surface area contributed by atoms with E-state index >= 15 is 0 Å². The highest BCUT2D eigenvalue weighted by molar-refractivity contribution is 6.20. The van der Waals surface area contributed by atoms with Crippen molar-refractivity contribution in [2.45, 2.75) is 24.8 Å². The van der Waals surface area contributed by atoms with Crippen LogP contribution in [0.3, 0.4) is 0 Å². The Labute approximate surface area is 99.0 Å². The van der Waals surface area contributed by atoms with Gasteiger partial charge < -0.3 is 0 Å². The van der Waals surface area contributed by atoms with Crippen molar-refractivity contribution in [3.8, 4) is 0 Å². The number of likely N-dealkylation sites (tertiary alicyclic amines) is 1. The monoisotopic (exact) mass is 245 g/mol. The Bertz CT molecular complexity index is 362. The molecule has 0 atom stereocenters. The van der Waals surface area contributed by atoms with Gasteiger partial charge in [-0.2, -0.15) is 0 Å². The van der Waals surface area contributed by atoms with Gasteiger partial charge in [-0.15, -0.1) is 11.6 Å². The fourth-order valence-corrected chi connectivity index (χ4v) is 2.15. The number of benzene rings is 1. The van der Waals surface area contributed by atoms with Gasteiger partial charge in [0.25, 0.3) is 0 Å². The molecule has 0 aromatic heterocycles. The second-order valence-corrected chi connectivity index (χ2v) is 4.82. The average molecular weight is 246 g/mol. The topological polar surface area (TPSA) is 3.24 Å². The van der Waals surface area contributed by atoms with Gasteiger partial charge in [-0.1, -0.05) is 6.07 Å². The molecule has 1 fully saturated rings. The van der Waals surface area contributed by atoms with Crippen LogP contribution in [0.5, 0.6) is 0 Å². The first kappa shape index (κ1) is 11.8. The maximum Gasteiger partial charge on any atom is 0.159 e. The number of hydrogen-bond acceptors (Lipinski definition) is 1. The molecule has 0 amide bonds. The Balaban J connectivity index is 1.96. The van der Waals surface area contributed by atoms with Crippen LogP contribution in [-0.2, 0) is 6.54 Å². The van der Waals surface area contributed by atoms with Crippen molar-refractivity contribution >= 4 is 11.6 Å². The van der Waals surface area contributed by atoms with E-state index in [0.29, 0.717) is 6.54 Å². The number of hydrogen-bond donors (Lipinski definition) is 0. The molecule has 0 aliphatic carbocycles. The zero-order chi connectivity index (χ0) is 11.5. The average Bonchev–Trinajstić information content (AvgIpc) is 2.27. The fourth-order valence-electron chi connectivity index (χ4n) is 1.96. The molecule has 1 aliphatic rings. The van der Waals surface area contributed by atoms with Gasteiger partial charge in [-0.05, 0) is 43.6 Å². The summed E-state index contributed by atoms with van der Waals surface area (Å²) in [6, 6.07) is 4.08. The first-order chi connectivity index (χ1) is 7.65. The lowest BCUT2D eigenvalue weighted by atomic mass is 10.1. The lowest BCUT2D eigenvalue weighted by Crippen LogP contribution is -2.33. The van der Waals surface area contributed by atoms with Gasteiger partial charge in [-0.3, -0.25) is 4.90 Å². The summed E-state index contributed by atoms with van der Waals surface area (Å²) < 4.78 is 25.7. The van der Waals surface area contributed by atoms with Gasteiger partial charge in [0.15, 0.2) is 11.6 Å². The Kier molecular flexibility index (Phi) is 3.77. The lowest BCUT2D eigenvalue weighted by Gasteiger charge is -2.29. The molecule has 0 N–H and O–H groups in total. The smallest absolute Gasteiger partial charge is 0.159 e. The Morgan fingerprint density at radius 2 is 1.88 bits per heavy atom. The molecular formula is C12H14ClF2N. The molecule has 1 saturated heterocycles. The minimum absolute atomic E-state index is 0.265. The van der Waals surface area contributed by atoms with E-state index in [1.807, 2.05) is 0 Å². The molecule has 0 saturated carbocycles. The Hall–Kier alpha value is -0.670. The van der Waals surface area contributed by atoms with Gasteiger partial charge in [0.1, 0.15) is 0 Å². The minimum atomic E-state index is -0.789. The van der Waals surface area contributed by atoms with Crippen molar-refractivity contribution < 1.29 is 8.78 Å². The summed E-state index contributed by atoms with van der Waals surface area (Å²) >= 11 is 5.99. The van der Waals surface area contributed by atoms with Crippen molar-refractivity contribution in [1.29, 1.82) is 0 Å². The fraction of sp³-hybridized carbons (Fsp3) is 0.500. The van der Waals surface area contributed by atoms with Crippen LogP contribution in [0.1, 0.15) is 18.4 Å². The van der Waals surface area contributed by atoms with Crippen LogP contribution in [0, 0.1) is 11.6 Å². The van der Waals surface area contributed by atoms with E-state index in [1.165, 1.54) is 12.1 Å². The van der Waals surface area contributed by atoms with Gasteiger partial charge in [-0.25, -0.2) is 8.78 Å². The van der Waals surface area contributed by atoms with Crippen molar-refractivity contribution in [2.75, 3.05) is 13.1 Å². The third kappa shape index (κ3) is 2.92. The van der Waals surface area contributed by atoms with Crippen molar-refractivity contribution in [3.63, 3.8) is 0 Å². The Morgan fingerprint density at radius 3 is 2.50 bits per heavy atom. The number of rotatable bonds is 2. The highest BCUT2D eigenvalue weighted by Crippen LogP contribution is 2.18. The van der Waals surface area contributed by atoms with Crippen LogP contribution in [0.15, 0.2) is 18.2 Å². The summed E-state index contributed by atoms with van der Waals surface area (Å²) in [4.78, 5) is 2.21. The van der Waals surface area contributed by atoms with Crippen molar-refractivity contribution in [2.24, 2.45) is 0 Å². The van der Waals surface area contributed by atoms with E-state index in [0.717, 1.165) is 31.5 Å². The van der Waals surface area contributed by atoms with E-state index in [-0.39, 0.29) is 5.38 Å². The van der Waals surface area contributed by atoms with Gasteiger partial charge in [0.05, 0.1) is 0 Å². The number of nitrogens with zero attached hydrogens (tertiary/aromatic N) is 1. The van der Waals surface area contributed by atoms with Gasteiger partial charge in [0.2, 0.25) is 0 Å². The third-order valence-electron chi connectivity index (χ3n) is 2.91. The second-order valence-electron chi connectivity index (χ2n) is 4.20. The minimum Gasteiger partial charge on any atom is -0.299 e. The third-order valence-corrected chi connectivity index (χ3v) is 3.34. The highest BCUT2D eigenvalue weighted by atomic mass is 35.5. The molecular weight excluding hydrogens is 232 g/mol. The molecule has 88 valence electrons. The van der Waals surface area contributed by atoms with Crippen LogP contribution in [0.2, 0.25) is 0 Å². The predicted molar refractivity (Wildman–Crippen MR) is 60.5 cm³/mol. The van der Waals surface area contributed by atoms with Crippen LogP contribution in [-0.4, -0.2) is 23.4 Å². The summed E-state index contributed by atoms with van der Waals surface area (Å²) in [6.45, 7) is 2.52. The number of piperidine rings is 1. The predicted octanol–water partition coefficient (Wildman–Crippen LogP) is 3.17. The summed E-state index contributed by atoms with van der Waals surface area (Å²) in [5.74, 6) is -1.56. The van der Waals surface area contributed by atoms with Crippen molar-refractivity contribution in [3.05, 3.63) is 35.4 Å². The molecule has 0 unspecified atom stereocenters. The van der Waals surface area contributed by atoms with Crippen LogP contribution in [0.25, 0.3) is 0 Å². The maximum atomic E-state index is 13.0. The zero-order valence-electron chi connectivity index (χ0n) is 8.93. The normalized spacial score (nSPS) is 18.9. The van der Waals surface area contributed by atoms with Crippen LogP contribution < -0.4 is 0 Å². The van der Waals surface area contributed by atoms with Gasteiger partial charge in [0, 0.05) is 11.9 Å². The summed E-state index contributed by atoms with van der Waals surface area (Å²) in [5, 5.41) is 0.265. The number of alkyl halides is 1. The maximum absolute atomic E-state index is 13.0.